The molecular weight excluding hydrogens is 336 g/mol. The van der Waals surface area contributed by atoms with Gasteiger partial charge >= 0.3 is 5.97 Å². The van der Waals surface area contributed by atoms with E-state index in [0.717, 1.165) is 0 Å². The predicted molar refractivity (Wildman–Crippen MR) is 85.6 cm³/mol. The van der Waals surface area contributed by atoms with Crippen LogP contribution >= 0.6 is 0 Å². The summed E-state index contributed by atoms with van der Waals surface area (Å²) in [6, 6.07) is 0. The topological polar surface area (TPSA) is 157 Å². The highest BCUT2D eigenvalue weighted by atomic mass is 16.7. The number of aliphatic hydroxyl groups excluding tert-OH is 5. The Morgan fingerprint density at radius 3 is 2.44 bits per heavy atom. The molecule has 0 bridgehead atoms. The van der Waals surface area contributed by atoms with Crippen LogP contribution in [-0.4, -0.2) is 86.1 Å². The molecule has 0 aromatic carbocycles. The van der Waals surface area contributed by atoms with E-state index < -0.39 is 55.5 Å². The minimum absolute atomic E-state index is 0.0420. The molecule has 6 N–H and O–H groups in total. The Morgan fingerprint density at radius 1 is 1.20 bits per heavy atom. The largest absolute Gasteiger partial charge is 0.481 e. The monoisotopic (exact) mass is 364 g/mol. The van der Waals surface area contributed by atoms with Crippen molar-refractivity contribution in [2.75, 3.05) is 6.61 Å². The highest BCUT2D eigenvalue weighted by Gasteiger charge is 2.44. The first-order chi connectivity index (χ1) is 11.8. The van der Waals surface area contributed by atoms with E-state index in [0.29, 0.717) is 19.3 Å². The molecule has 0 spiro atoms. The zero-order valence-electron chi connectivity index (χ0n) is 14.1. The second-order valence-electron chi connectivity index (χ2n) is 6.16. The number of hydrogen-bond donors (Lipinski definition) is 6. The molecule has 0 aliphatic carbocycles. The molecule has 1 fully saturated rings. The minimum atomic E-state index is -1.54. The summed E-state index contributed by atoms with van der Waals surface area (Å²) in [5, 5.41) is 56.8. The van der Waals surface area contributed by atoms with E-state index >= 15 is 0 Å². The van der Waals surface area contributed by atoms with Crippen molar-refractivity contribution in [2.24, 2.45) is 0 Å². The summed E-state index contributed by atoms with van der Waals surface area (Å²) in [4.78, 5) is 10.5. The highest BCUT2D eigenvalue weighted by Crippen LogP contribution is 2.24. The van der Waals surface area contributed by atoms with Gasteiger partial charge in [0.2, 0.25) is 0 Å². The molecule has 9 heteroatoms. The fourth-order valence-corrected chi connectivity index (χ4v) is 2.42. The zero-order chi connectivity index (χ0) is 19.0. The lowest BCUT2D eigenvalue weighted by Crippen LogP contribution is -2.59. The number of ether oxygens (including phenoxy) is 2. The Bertz CT molecular complexity index is 424. The van der Waals surface area contributed by atoms with Crippen molar-refractivity contribution in [1.29, 1.82) is 0 Å². The first-order valence-corrected chi connectivity index (χ1v) is 8.28. The molecular formula is C16H28O9. The first kappa shape index (κ1) is 22.0. The molecule has 146 valence electrons. The molecule has 0 unspecified atom stereocenters. The Kier molecular flexibility index (Phi) is 9.51. The van der Waals surface area contributed by atoms with Gasteiger partial charge in [-0.2, -0.15) is 0 Å². The normalized spacial score (nSPS) is 32.6. The van der Waals surface area contributed by atoms with Crippen molar-refractivity contribution >= 4 is 5.97 Å². The minimum Gasteiger partial charge on any atom is -0.481 e. The first-order valence-electron chi connectivity index (χ1n) is 8.28. The van der Waals surface area contributed by atoms with E-state index in [9.17, 15) is 30.3 Å². The summed E-state index contributed by atoms with van der Waals surface area (Å²) < 4.78 is 10.9. The standard InChI is InChI=1S/C16H28O9/c1-9(18)6-7-10(4-2-3-5-12(19)20)24-16-15(23)14(22)13(21)11(8-17)25-16/h2,4,9-11,13-18,21-23H,3,5-8H2,1H3,(H,19,20)/b4-2+/t9-,10+,11+,13-,14-,15-,16+/m1/s1. The zero-order valence-corrected chi connectivity index (χ0v) is 14.1. The van der Waals surface area contributed by atoms with Gasteiger partial charge in [-0.05, 0) is 26.2 Å². The molecule has 0 aromatic rings. The van der Waals surface area contributed by atoms with Crippen molar-refractivity contribution < 1.29 is 44.9 Å². The van der Waals surface area contributed by atoms with Crippen LogP contribution in [0.2, 0.25) is 0 Å². The van der Waals surface area contributed by atoms with Crippen LogP contribution in [0.4, 0.5) is 0 Å². The third-order valence-corrected chi connectivity index (χ3v) is 3.90. The Labute approximate surface area is 146 Å². The lowest BCUT2D eigenvalue weighted by molar-refractivity contribution is -0.308. The van der Waals surface area contributed by atoms with Crippen LogP contribution in [-0.2, 0) is 14.3 Å². The van der Waals surface area contributed by atoms with Crippen LogP contribution in [0.1, 0.15) is 32.6 Å². The van der Waals surface area contributed by atoms with Crippen molar-refractivity contribution in [3.8, 4) is 0 Å². The van der Waals surface area contributed by atoms with E-state index in [4.69, 9.17) is 14.6 Å². The Hall–Kier alpha value is -1.07. The lowest BCUT2D eigenvalue weighted by Gasteiger charge is -2.40. The average Bonchev–Trinajstić information content (AvgIpc) is 2.56. The maximum absolute atomic E-state index is 10.5. The van der Waals surface area contributed by atoms with Gasteiger partial charge in [-0.15, -0.1) is 0 Å². The molecule has 0 saturated carbocycles. The SMILES string of the molecule is C[C@@H](O)CC[C@H](/C=C/CCC(=O)O)O[C@H]1O[C@@H](CO)[C@@H](O)[C@@H](O)[C@H]1O. The van der Waals surface area contributed by atoms with E-state index in [-0.39, 0.29) is 6.42 Å². The number of allylic oxidation sites excluding steroid dienone is 1. The summed E-state index contributed by atoms with van der Waals surface area (Å²) in [7, 11) is 0. The number of carboxylic acids is 1. The second-order valence-corrected chi connectivity index (χ2v) is 6.16. The van der Waals surface area contributed by atoms with E-state index in [1.54, 1.807) is 19.1 Å². The van der Waals surface area contributed by atoms with E-state index in [1.807, 2.05) is 0 Å². The van der Waals surface area contributed by atoms with Crippen LogP contribution in [0.25, 0.3) is 0 Å². The molecule has 1 heterocycles. The summed E-state index contributed by atoms with van der Waals surface area (Å²) >= 11 is 0. The number of hydrogen-bond acceptors (Lipinski definition) is 8. The maximum Gasteiger partial charge on any atom is 0.303 e. The Balaban J connectivity index is 2.71. The summed E-state index contributed by atoms with van der Waals surface area (Å²) in [5.74, 6) is -0.931. The van der Waals surface area contributed by atoms with Crippen LogP contribution in [0.15, 0.2) is 12.2 Å². The van der Waals surface area contributed by atoms with Gasteiger partial charge in [-0.25, -0.2) is 0 Å². The second kappa shape index (κ2) is 10.8. The molecule has 25 heavy (non-hydrogen) atoms. The van der Waals surface area contributed by atoms with E-state index in [1.165, 1.54) is 0 Å². The third-order valence-electron chi connectivity index (χ3n) is 3.90. The molecule has 0 amide bonds. The average molecular weight is 364 g/mol. The van der Waals surface area contributed by atoms with Crippen LogP contribution in [0.3, 0.4) is 0 Å². The highest BCUT2D eigenvalue weighted by molar-refractivity contribution is 5.66. The van der Waals surface area contributed by atoms with Gasteiger partial charge in [0.25, 0.3) is 0 Å². The Morgan fingerprint density at radius 2 is 1.88 bits per heavy atom. The maximum atomic E-state index is 10.5. The van der Waals surface area contributed by atoms with Crippen LogP contribution < -0.4 is 0 Å². The molecule has 1 aliphatic rings. The van der Waals surface area contributed by atoms with Gasteiger partial charge in [-0.1, -0.05) is 12.2 Å². The van der Waals surface area contributed by atoms with Gasteiger partial charge in [0.15, 0.2) is 6.29 Å². The number of rotatable bonds is 10. The molecule has 9 nitrogen and oxygen atoms in total. The molecule has 7 atom stereocenters. The smallest absolute Gasteiger partial charge is 0.303 e. The summed E-state index contributed by atoms with van der Waals surface area (Å²) in [5.41, 5.74) is 0. The number of carboxylic acid groups (broad SMARTS) is 1. The molecule has 1 saturated heterocycles. The number of aliphatic hydroxyl groups is 5. The summed E-state index contributed by atoms with van der Waals surface area (Å²) in [6.45, 7) is 1.05. The van der Waals surface area contributed by atoms with Gasteiger partial charge in [0, 0.05) is 6.42 Å². The fraction of sp³-hybridized carbons (Fsp3) is 0.812. The summed E-state index contributed by atoms with van der Waals surface area (Å²) in [6.07, 6.45) is -3.82. The predicted octanol–water partition coefficient (Wildman–Crippen LogP) is -1.25. The third kappa shape index (κ3) is 7.37. The quantitative estimate of drug-likeness (QED) is 0.261. The molecule has 1 rings (SSSR count). The molecule has 1 aliphatic heterocycles. The fourth-order valence-electron chi connectivity index (χ4n) is 2.42. The van der Waals surface area contributed by atoms with Crippen molar-refractivity contribution in [1.82, 2.24) is 0 Å². The number of carbonyl (C=O) groups is 1. The van der Waals surface area contributed by atoms with Gasteiger partial charge < -0.3 is 40.1 Å². The van der Waals surface area contributed by atoms with Crippen molar-refractivity contribution in [3.63, 3.8) is 0 Å². The molecule has 0 aromatic heterocycles. The van der Waals surface area contributed by atoms with Crippen LogP contribution in [0, 0.1) is 0 Å². The lowest BCUT2D eigenvalue weighted by atomic mass is 9.99. The molecule has 0 radical (unpaired) electrons. The van der Waals surface area contributed by atoms with E-state index in [2.05, 4.69) is 0 Å². The van der Waals surface area contributed by atoms with Gasteiger partial charge in [0.1, 0.15) is 24.4 Å². The van der Waals surface area contributed by atoms with Gasteiger partial charge in [-0.3, -0.25) is 4.79 Å². The number of aliphatic carboxylic acids is 1. The van der Waals surface area contributed by atoms with Crippen molar-refractivity contribution in [2.45, 2.75) is 75.5 Å². The van der Waals surface area contributed by atoms with Crippen molar-refractivity contribution in [3.05, 3.63) is 12.2 Å². The van der Waals surface area contributed by atoms with Gasteiger partial charge in [0.05, 0.1) is 18.8 Å². The van der Waals surface area contributed by atoms with Crippen LogP contribution in [0.5, 0.6) is 0 Å².